The van der Waals surface area contributed by atoms with Gasteiger partial charge in [-0.3, -0.25) is 5.10 Å². The molecule has 1 saturated carbocycles. The number of aromatic nitrogens is 4. The molecule has 0 aromatic carbocycles. The van der Waals surface area contributed by atoms with Crippen molar-refractivity contribution in [3.63, 3.8) is 0 Å². The van der Waals surface area contributed by atoms with E-state index in [1.54, 1.807) is 6.20 Å². The molecule has 0 bridgehead atoms. The summed E-state index contributed by atoms with van der Waals surface area (Å²) in [5.41, 5.74) is 5.96. The van der Waals surface area contributed by atoms with Crippen LogP contribution in [0.15, 0.2) is 6.20 Å². The maximum atomic E-state index is 9.25. The topological polar surface area (TPSA) is 113 Å². The number of hydrogen-bond donors (Lipinski definition) is 4. The number of nitrogens with zero attached hydrogens (tertiary/aromatic N) is 3. The lowest BCUT2D eigenvalue weighted by Crippen LogP contribution is -2.26. The van der Waals surface area contributed by atoms with Gasteiger partial charge >= 0.3 is 0 Å². The van der Waals surface area contributed by atoms with E-state index in [-0.39, 0.29) is 18.1 Å². The Kier molecular flexibility index (Phi) is 1.78. The van der Waals surface area contributed by atoms with Crippen molar-refractivity contribution in [2.45, 2.75) is 18.4 Å². The molecular formula is C9H12N6O. The van der Waals surface area contributed by atoms with Gasteiger partial charge < -0.3 is 16.2 Å². The van der Waals surface area contributed by atoms with Crippen molar-refractivity contribution in [1.82, 2.24) is 20.2 Å². The number of aliphatic hydroxyl groups excluding tert-OH is 1. The minimum absolute atomic E-state index is 0.0935. The average molecular weight is 220 g/mol. The fourth-order valence-corrected chi connectivity index (χ4v) is 1.67. The fraction of sp³-hybridized carbons (Fsp3) is 0.444. The Labute approximate surface area is 91.1 Å². The van der Waals surface area contributed by atoms with Crippen LogP contribution in [0.5, 0.6) is 0 Å². The van der Waals surface area contributed by atoms with Gasteiger partial charge in [0.15, 0.2) is 5.65 Å². The molecule has 2 heterocycles. The van der Waals surface area contributed by atoms with Crippen molar-refractivity contribution in [3.05, 3.63) is 6.20 Å². The van der Waals surface area contributed by atoms with Crippen LogP contribution < -0.4 is 11.1 Å². The maximum absolute atomic E-state index is 9.25. The summed E-state index contributed by atoms with van der Waals surface area (Å²) < 4.78 is 0. The van der Waals surface area contributed by atoms with E-state index in [1.165, 1.54) is 0 Å². The lowest BCUT2D eigenvalue weighted by atomic mass is 10.3. The molecule has 0 atom stereocenters. The minimum Gasteiger partial charge on any atom is -0.394 e. The van der Waals surface area contributed by atoms with Gasteiger partial charge in [-0.1, -0.05) is 0 Å². The summed E-state index contributed by atoms with van der Waals surface area (Å²) in [6, 6.07) is 0. The Hall–Kier alpha value is -1.89. The number of nitrogens with one attached hydrogen (secondary N) is 2. The number of nitrogen functional groups attached to an aromatic ring is 1. The molecule has 0 aliphatic heterocycles. The standard InChI is InChI=1S/C9H12N6O/c10-8-12-6(14-9(4-16)1-2-9)5-3-11-15-7(5)13-8/h3,16H,1-2,4H2,(H4,10,11,12,13,14,15). The van der Waals surface area contributed by atoms with Crippen LogP contribution in [0.2, 0.25) is 0 Å². The number of aliphatic hydroxyl groups is 1. The molecule has 84 valence electrons. The summed E-state index contributed by atoms with van der Waals surface area (Å²) in [5, 5.41) is 19.9. The summed E-state index contributed by atoms with van der Waals surface area (Å²) >= 11 is 0. The van der Waals surface area contributed by atoms with Gasteiger partial charge in [0.05, 0.1) is 23.7 Å². The molecular weight excluding hydrogens is 208 g/mol. The number of anilines is 2. The third-order valence-corrected chi connectivity index (χ3v) is 2.87. The molecule has 3 rings (SSSR count). The van der Waals surface area contributed by atoms with Gasteiger partial charge in [0.25, 0.3) is 0 Å². The Balaban J connectivity index is 2.05. The van der Waals surface area contributed by atoms with Gasteiger partial charge in [0, 0.05) is 0 Å². The van der Waals surface area contributed by atoms with Crippen molar-refractivity contribution in [1.29, 1.82) is 0 Å². The lowest BCUT2D eigenvalue weighted by Gasteiger charge is -2.15. The predicted octanol–water partition coefficient (Wildman–Crippen LogP) is -0.128. The third-order valence-electron chi connectivity index (χ3n) is 2.87. The molecule has 2 aromatic heterocycles. The first kappa shape index (κ1) is 9.34. The highest BCUT2D eigenvalue weighted by atomic mass is 16.3. The van der Waals surface area contributed by atoms with Gasteiger partial charge in [-0.15, -0.1) is 0 Å². The minimum atomic E-state index is -0.231. The smallest absolute Gasteiger partial charge is 0.224 e. The first-order chi connectivity index (χ1) is 7.72. The van der Waals surface area contributed by atoms with Crippen LogP contribution in [0.1, 0.15) is 12.8 Å². The molecule has 1 aliphatic rings. The molecule has 7 heteroatoms. The maximum Gasteiger partial charge on any atom is 0.224 e. The molecule has 5 N–H and O–H groups in total. The van der Waals surface area contributed by atoms with Crippen molar-refractivity contribution in [3.8, 4) is 0 Å². The monoisotopic (exact) mass is 220 g/mol. The van der Waals surface area contributed by atoms with Crippen molar-refractivity contribution >= 4 is 22.8 Å². The predicted molar refractivity (Wildman–Crippen MR) is 58.8 cm³/mol. The zero-order valence-electron chi connectivity index (χ0n) is 8.56. The quantitative estimate of drug-likeness (QED) is 0.573. The Morgan fingerprint density at radius 3 is 3.00 bits per heavy atom. The number of aromatic amines is 1. The van der Waals surface area contributed by atoms with Crippen LogP contribution in [-0.2, 0) is 0 Å². The number of rotatable bonds is 3. The van der Waals surface area contributed by atoms with E-state index in [4.69, 9.17) is 5.73 Å². The molecule has 7 nitrogen and oxygen atoms in total. The third kappa shape index (κ3) is 1.36. The van der Waals surface area contributed by atoms with E-state index in [2.05, 4.69) is 25.5 Å². The molecule has 0 unspecified atom stereocenters. The number of H-pyrrole nitrogens is 1. The highest BCUT2D eigenvalue weighted by molar-refractivity contribution is 5.87. The average Bonchev–Trinajstić information content (AvgIpc) is 2.87. The molecule has 1 aliphatic carbocycles. The van der Waals surface area contributed by atoms with Crippen LogP contribution in [-0.4, -0.2) is 37.4 Å². The zero-order chi connectivity index (χ0) is 11.2. The lowest BCUT2D eigenvalue weighted by molar-refractivity contribution is 0.266. The van der Waals surface area contributed by atoms with Crippen molar-refractivity contribution < 1.29 is 5.11 Å². The molecule has 0 saturated heterocycles. The Bertz CT molecular complexity index is 532. The summed E-state index contributed by atoms with van der Waals surface area (Å²) in [4.78, 5) is 8.15. The second kappa shape index (κ2) is 3.05. The molecule has 2 aromatic rings. The fourth-order valence-electron chi connectivity index (χ4n) is 1.67. The van der Waals surface area contributed by atoms with Crippen LogP contribution in [0, 0.1) is 0 Å². The molecule has 1 fully saturated rings. The van der Waals surface area contributed by atoms with Crippen LogP contribution >= 0.6 is 0 Å². The number of fused-ring (bicyclic) bond motifs is 1. The highest BCUT2D eigenvalue weighted by Gasteiger charge is 2.42. The largest absolute Gasteiger partial charge is 0.394 e. The van der Waals surface area contributed by atoms with E-state index in [0.29, 0.717) is 11.5 Å². The molecule has 16 heavy (non-hydrogen) atoms. The second-order valence-electron chi connectivity index (χ2n) is 4.13. The number of hydrogen-bond acceptors (Lipinski definition) is 6. The van der Waals surface area contributed by atoms with Gasteiger partial charge in [-0.2, -0.15) is 15.1 Å². The van der Waals surface area contributed by atoms with Crippen molar-refractivity contribution in [2.75, 3.05) is 17.7 Å². The van der Waals surface area contributed by atoms with Crippen LogP contribution in [0.4, 0.5) is 11.8 Å². The second-order valence-corrected chi connectivity index (χ2v) is 4.13. The summed E-state index contributed by atoms with van der Waals surface area (Å²) in [5.74, 6) is 0.816. The van der Waals surface area contributed by atoms with E-state index < -0.39 is 0 Å². The summed E-state index contributed by atoms with van der Waals surface area (Å²) in [6.45, 7) is 0.0935. The summed E-state index contributed by atoms with van der Waals surface area (Å²) in [6.07, 6.45) is 3.52. The van der Waals surface area contributed by atoms with Gasteiger partial charge in [-0.05, 0) is 12.8 Å². The van der Waals surface area contributed by atoms with Crippen molar-refractivity contribution in [2.24, 2.45) is 0 Å². The normalized spacial score (nSPS) is 17.6. The number of nitrogens with two attached hydrogens (primary N) is 1. The summed E-state index contributed by atoms with van der Waals surface area (Å²) in [7, 11) is 0. The Morgan fingerprint density at radius 2 is 2.31 bits per heavy atom. The molecule has 0 spiro atoms. The van der Waals surface area contributed by atoms with Crippen LogP contribution in [0.25, 0.3) is 11.0 Å². The van der Waals surface area contributed by atoms with Crippen LogP contribution in [0.3, 0.4) is 0 Å². The van der Waals surface area contributed by atoms with Gasteiger partial charge in [-0.25, -0.2) is 0 Å². The van der Waals surface area contributed by atoms with E-state index in [1.807, 2.05) is 0 Å². The molecule has 0 amide bonds. The van der Waals surface area contributed by atoms with Gasteiger partial charge in [0.2, 0.25) is 5.95 Å². The first-order valence-electron chi connectivity index (χ1n) is 5.08. The first-order valence-corrected chi connectivity index (χ1v) is 5.08. The van der Waals surface area contributed by atoms with E-state index in [9.17, 15) is 5.11 Å². The SMILES string of the molecule is Nc1nc(NC2(CO)CC2)c2cn[nH]c2n1. The zero-order valence-corrected chi connectivity index (χ0v) is 8.56. The van der Waals surface area contributed by atoms with Gasteiger partial charge in [0.1, 0.15) is 5.82 Å². The highest BCUT2D eigenvalue weighted by Crippen LogP contribution is 2.39. The van der Waals surface area contributed by atoms with E-state index >= 15 is 0 Å². The Morgan fingerprint density at radius 1 is 1.50 bits per heavy atom. The molecule has 0 radical (unpaired) electrons. The van der Waals surface area contributed by atoms with E-state index in [0.717, 1.165) is 18.2 Å².